The van der Waals surface area contributed by atoms with Gasteiger partial charge in [-0.05, 0) is 44.3 Å². The number of thiophene rings is 1. The van der Waals surface area contributed by atoms with Crippen LogP contribution in [0.5, 0.6) is 0 Å². The van der Waals surface area contributed by atoms with Crippen molar-refractivity contribution in [3.05, 3.63) is 22.4 Å². The van der Waals surface area contributed by atoms with E-state index in [2.05, 4.69) is 37.6 Å². The number of rotatable bonds is 5. The van der Waals surface area contributed by atoms with E-state index in [-0.39, 0.29) is 0 Å². The molecule has 2 atom stereocenters. The minimum atomic E-state index is -4.17. The van der Waals surface area contributed by atoms with Crippen molar-refractivity contribution in [2.75, 3.05) is 52.9 Å². The van der Waals surface area contributed by atoms with E-state index in [0.29, 0.717) is 32.2 Å². The third-order valence-corrected chi connectivity index (χ3v) is 6.73. The van der Waals surface area contributed by atoms with Crippen molar-refractivity contribution in [2.45, 2.75) is 38.0 Å². The maximum absolute atomic E-state index is 13.0. The molecule has 0 amide bonds. The van der Waals surface area contributed by atoms with Crippen LogP contribution >= 0.6 is 11.3 Å². The highest BCUT2D eigenvalue weighted by atomic mass is 32.1. The number of alkyl halides is 3. The summed E-state index contributed by atoms with van der Waals surface area (Å²) in [5.41, 5.74) is 0. The van der Waals surface area contributed by atoms with Crippen molar-refractivity contribution in [1.29, 1.82) is 0 Å². The first-order valence-electron chi connectivity index (χ1n) is 9.94. The Morgan fingerprint density at radius 3 is 2.36 bits per heavy atom. The van der Waals surface area contributed by atoms with Crippen molar-refractivity contribution in [3.63, 3.8) is 0 Å². The summed E-state index contributed by atoms with van der Waals surface area (Å²) in [6, 6.07) is 3.17. The highest BCUT2D eigenvalue weighted by molar-refractivity contribution is 7.10. The molecule has 1 aromatic heterocycles. The Kier molecular flexibility index (Phi) is 7.22. The topological polar surface area (TPSA) is 34.1 Å². The summed E-state index contributed by atoms with van der Waals surface area (Å²) in [5.74, 6) is 0.778. The number of piperazine rings is 1. The second kappa shape index (κ2) is 9.45. The van der Waals surface area contributed by atoms with Crippen LogP contribution in [0.3, 0.4) is 0 Å². The maximum atomic E-state index is 13.0. The third-order valence-electron chi connectivity index (χ3n) is 5.75. The van der Waals surface area contributed by atoms with E-state index in [9.17, 15) is 13.2 Å². The van der Waals surface area contributed by atoms with E-state index in [4.69, 9.17) is 0 Å². The molecular weight excluding hydrogens is 387 g/mol. The molecule has 28 heavy (non-hydrogen) atoms. The predicted molar refractivity (Wildman–Crippen MR) is 108 cm³/mol. The maximum Gasteiger partial charge on any atom is 0.403 e. The normalized spacial score (nSPS) is 22.5. The second-order valence-corrected chi connectivity index (χ2v) is 8.42. The molecule has 3 heterocycles. The number of guanidine groups is 1. The van der Waals surface area contributed by atoms with Gasteiger partial charge in [-0.25, -0.2) is 0 Å². The van der Waals surface area contributed by atoms with Crippen LogP contribution in [0.4, 0.5) is 13.2 Å². The van der Waals surface area contributed by atoms with E-state index in [1.54, 1.807) is 18.4 Å². The van der Waals surface area contributed by atoms with Crippen LogP contribution in [-0.2, 0) is 0 Å². The van der Waals surface area contributed by atoms with Gasteiger partial charge in [0.15, 0.2) is 5.96 Å². The Balaban J connectivity index is 1.56. The van der Waals surface area contributed by atoms with E-state index < -0.39 is 12.2 Å². The molecule has 5 nitrogen and oxygen atoms in total. The predicted octanol–water partition coefficient (Wildman–Crippen LogP) is 3.03. The van der Waals surface area contributed by atoms with Gasteiger partial charge in [0.05, 0.1) is 6.04 Å². The molecule has 2 unspecified atom stereocenters. The Morgan fingerprint density at radius 1 is 1.14 bits per heavy atom. The SMILES string of the molecule is CN=C(NCC(c1cccs1)N1CCCC1)N1CCN(C(C)C(F)(F)F)CC1. The Hall–Kier alpha value is -1.32. The van der Waals surface area contributed by atoms with Gasteiger partial charge in [-0.2, -0.15) is 13.2 Å². The molecule has 1 N–H and O–H groups in total. The highest BCUT2D eigenvalue weighted by Gasteiger charge is 2.41. The monoisotopic (exact) mass is 417 g/mol. The zero-order valence-corrected chi connectivity index (χ0v) is 17.4. The molecule has 3 rings (SSSR count). The van der Waals surface area contributed by atoms with Crippen LogP contribution in [0.2, 0.25) is 0 Å². The van der Waals surface area contributed by atoms with E-state index >= 15 is 0 Å². The van der Waals surface area contributed by atoms with Crippen LogP contribution in [-0.4, -0.2) is 85.7 Å². The first kappa shape index (κ1) is 21.4. The standard InChI is InChI=1S/C19H30F3N5S/c1-15(19(20,21)22)25-9-11-27(12-10-25)18(23-2)24-14-16(17-6-5-13-28-17)26-7-3-4-8-26/h5-6,13,15-16H,3-4,7-12,14H2,1-2H3,(H,23,24). The van der Waals surface area contributed by atoms with Crippen LogP contribution in [0.25, 0.3) is 0 Å². The Morgan fingerprint density at radius 2 is 1.82 bits per heavy atom. The quantitative estimate of drug-likeness (QED) is 0.590. The third kappa shape index (κ3) is 5.18. The van der Waals surface area contributed by atoms with Crippen LogP contribution in [0.1, 0.15) is 30.7 Å². The zero-order chi connectivity index (χ0) is 20.1. The van der Waals surface area contributed by atoms with Gasteiger partial charge in [-0.1, -0.05) is 6.07 Å². The number of likely N-dealkylation sites (tertiary alicyclic amines) is 1. The molecule has 0 radical (unpaired) electrons. The number of nitrogens with zero attached hydrogens (tertiary/aromatic N) is 4. The fourth-order valence-electron chi connectivity index (χ4n) is 3.99. The number of halogens is 3. The van der Waals surface area contributed by atoms with Crippen LogP contribution in [0, 0.1) is 0 Å². The summed E-state index contributed by atoms with van der Waals surface area (Å²) in [6.45, 7) is 6.09. The fraction of sp³-hybridized carbons (Fsp3) is 0.737. The molecule has 2 saturated heterocycles. The summed E-state index contributed by atoms with van der Waals surface area (Å²) >= 11 is 1.77. The summed E-state index contributed by atoms with van der Waals surface area (Å²) in [6.07, 6.45) is -1.71. The van der Waals surface area contributed by atoms with Gasteiger partial charge in [-0.15, -0.1) is 11.3 Å². The number of aliphatic imine (C=N–C) groups is 1. The van der Waals surface area contributed by atoms with Crippen LogP contribution in [0.15, 0.2) is 22.5 Å². The lowest BCUT2D eigenvalue weighted by Gasteiger charge is -2.40. The minimum Gasteiger partial charge on any atom is -0.354 e. The molecule has 1 aromatic rings. The van der Waals surface area contributed by atoms with Gasteiger partial charge >= 0.3 is 6.18 Å². The Labute approximate surface area is 169 Å². The Bertz CT molecular complexity index is 620. The average molecular weight is 418 g/mol. The van der Waals surface area contributed by atoms with E-state index in [0.717, 1.165) is 25.6 Å². The average Bonchev–Trinajstić information content (AvgIpc) is 3.38. The smallest absolute Gasteiger partial charge is 0.354 e. The first-order chi connectivity index (χ1) is 13.4. The van der Waals surface area contributed by atoms with E-state index in [1.807, 2.05) is 0 Å². The summed E-state index contributed by atoms with van der Waals surface area (Å²) in [4.78, 5) is 11.8. The van der Waals surface area contributed by atoms with Crippen molar-refractivity contribution < 1.29 is 13.2 Å². The molecular formula is C19H30F3N5S. The molecule has 0 aliphatic carbocycles. The molecule has 2 fully saturated rings. The summed E-state index contributed by atoms with van der Waals surface area (Å²) in [5, 5.41) is 5.58. The summed E-state index contributed by atoms with van der Waals surface area (Å²) in [7, 11) is 1.74. The fourth-order valence-corrected chi connectivity index (χ4v) is 4.85. The largest absolute Gasteiger partial charge is 0.403 e. The molecule has 2 aliphatic heterocycles. The number of hydrogen-bond donors (Lipinski definition) is 1. The van der Waals surface area contributed by atoms with Crippen molar-refractivity contribution in [2.24, 2.45) is 4.99 Å². The van der Waals surface area contributed by atoms with Gasteiger partial charge in [0.2, 0.25) is 0 Å². The van der Waals surface area contributed by atoms with E-state index in [1.165, 1.54) is 29.5 Å². The van der Waals surface area contributed by atoms with Crippen molar-refractivity contribution in [3.8, 4) is 0 Å². The molecule has 0 bridgehead atoms. The zero-order valence-electron chi connectivity index (χ0n) is 16.6. The van der Waals surface area contributed by atoms with Gasteiger partial charge in [0.25, 0.3) is 0 Å². The molecule has 9 heteroatoms. The molecule has 0 saturated carbocycles. The summed E-state index contributed by atoms with van der Waals surface area (Å²) < 4.78 is 38.9. The van der Waals surface area contributed by atoms with Gasteiger partial charge in [0, 0.05) is 44.6 Å². The highest BCUT2D eigenvalue weighted by Crippen LogP contribution is 2.28. The first-order valence-corrected chi connectivity index (χ1v) is 10.8. The second-order valence-electron chi connectivity index (χ2n) is 7.44. The van der Waals surface area contributed by atoms with Crippen molar-refractivity contribution in [1.82, 2.24) is 20.0 Å². The van der Waals surface area contributed by atoms with Crippen molar-refractivity contribution >= 4 is 17.3 Å². The molecule has 0 spiro atoms. The van der Waals surface area contributed by atoms with Gasteiger partial charge in [-0.3, -0.25) is 14.8 Å². The number of nitrogens with one attached hydrogen (secondary N) is 1. The lowest BCUT2D eigenvalue weighted by molar-refractivity contribution is -0.181. The lowest BCUT2D eigenvalue weighted by atomic mass is 10.2. The van der Waals surface area contributed by atoms with Gasteiger partial charge in [0.1, 0.15) is 6.04 Å². The molecule has 2 aliphatic rings. The minimum absolute atomic E-state index is 0.311. The van der Waals surface area contributed by atoms with Crippen LogP contribution < -0.4 is 5.32 Å². The van der Waals surface area contributed by atoms with Gasteiger partial charge < -0.3 is 10.2 Å². The molecule has 0 aromatic carbocycles. The number of hydrogen-bond acceptors (Lipinski definition) is 4. The lowest BCUT2D eigenvalue weighted by Crippen LogP contribution is -2.57. The molecule has 158 valence electrons.